The van der Waals surface area contributed by atoms with Crippen LogP contribution in [0.5, 0.6) is 0 Å². The largest absolute Gasteiger partial charge is 0.396 e. The maximum atomic E-state index is 10.4. The minimum atomic E-state index is -1.00. The molecule has 0 amide bonds. The van der Waals surface area contributed by atoms with Crippen molar-refractivity contribution in [1.29, 1.82) is 0 Å². The maximum Gasteiger partial charge on any atom is 0.119 e. The standard InChI is InChI=1S/C21H28ClNO3/c1-15(16-7-5-4-6-8-16)26-19(23)21(14-25,20(2,3)13-24)17-9-11-18(22)12-10-17/h4-12,15,19,24-25H,13-14,23H2,1-3H3. The second-order valence-electron chi connectivity index (χ2n) is 7.29. The van der Waals surface area contributed by atoms with Crippen LogP contribution >= 0.6 is 11.6 Å². The number of hydrogen-bond donors (Lipinski definition) is 3. The van der Waals surface area contributed by atoms with E-state index in [2.05, 4.69) is 0 Å². The Morgan fingerprint density at radius 3 is 2.08 bits per heavy atom. The van der Waals surface area contributed by atoms with Gasteiger partial charge in [-0.05, 0) is 30.2 Å². The van der Waals surface area contributed by atoms with E-state index in [0.29, 0.717) is 5.02 Å². The van der Waals surface area contributed by atoms with Gasteiger partial charge in [0.2, 0.25) is 0 Å². The molecule has 3 unspecified atom stereocenters. The normalized spacial score (nSPS) is 16.7. The van der Waals surface area contributed by atoms with Gasteiger partial charge in [0, 0.05) is 17.0 Å². The van der Waals surface area contributed by atoms with Crippen LogP contribution in [0.4, 0.5) is 0 Å². The molecule has 0 saturated carbocycles. The van der Waals surface area contributed by atoms with E-state index < -0.39 is 17.1 Å². The summed E-state index contributed by atoms with van der Waals surface area (Å²) < 4.78 is 6.14. The van der Waals surface area contributed by atoms with E-state index in [1.807, 2.05) is 63.2 Å². The summed E-state index contributed by atoms with van der Waals surface area (Å²) >= 11 is 6.02. The fourth-order valence-electron chi connectivity index (χ4n) is 3.36. The van der Waals surface area contributed by atoms with Crippen molar-refractivity contribution in [3.8, 4) is 0 Å². The van der Waals surface area contributed by atoms with Crippen molar-refractivity contribution in [2.75, 3.05) is 13.2 Å². The van der Waals surface area contributed by atoms with Gasteiger partial charge in [-0.15, -0.1) is 0 Å². The number of rotatable bonds is 8. The number of halogens is 1. The third-order valence-corrected chi connectivity index (χ3v) is 5.57. The third-order valence-electron chi connectivity index (χ3n) is 5.32. The Labute approximate surface area is 160 Å². The molecule has 142 valence electrons. The van der Waals surface area contributed by atoms with Crippen LogP contribution in [0.2, 0.25) is 5.02 Å². The molecule has 0 radical (unpaired) electrons. The molecule has 0 heterocycles. The lowest BCUT2D eigenvalue weighted by molar-refractivity contribution is -0.112. The molecule has 3 atom stereocenters. The van der Waals surface area contributed by atoms with E-state index in [4.69, 9.17) is 22.1 Å². The molecule has 0 bridgehead atoms. The SMILES string of the molecule is CC(OC(N)C(CO)(c1ccc(Cl)cc1)C(C)(C)CO)c1ccccc1. The Hall–Kier alpha value is -1.43. The van der Waals surface area contributed by atoms with Crippen LogP contribution in [-0.4, -0.2) is 29.7 Å². The molecular weight excluding hydrogens is 350 g/mol. The molecule has 0 saturated heterocycles. The summed E-state index contributed by atoms with van der Waals surface area (Å²) in [5.41, 5.74) is 6.54. The van der Waals surface area contributed by atoms with E-state index in [0.717, 1.165) is 11.1 Å². The molecule has 26 heavy (non-hydrogen) atoms. The number of nitrogens with two attached hydrogens (primary N) is 1. The Morgan fingerprint density at radius 1 is 1.00 bits per heavy atom. The fraction of sp³-hybridized carbons (Fsp3) is 0.429. The average Bonchev–Trinajstić information content (AvgIpc) is 2.64. The number of ether oxygens (including phenoxy) is 1. The highest BCUT2D eigenvalue weighted by Crippen LogP contribution is 2.45. The number of aliphatic hydroxyl groups excluding tert-OH is 2. The van der Waals surface area contributed by atoms with E-state index in [9.17, 15) is 10.2 Å². The second-order valence-corrected chi connectivity index (χ2v) is 7.72. The Balaban J connectivity index is 2.44. The van der Waals surface area contributed by atoms with Crippen LogP contribution in [0, 0.1) is 5.41 Å². The molecule has 5 heteroatoms. The van der Waals surface area contributed by atoms with Crippen LogP contribution in [0.3, 0.4) is 0 Å². The summed E-state index contributed by atoms with van der Waals surface area (Å²) in [5, 5.41) is 21.0. The predicted molar refractivity (Wildman–Crippen MR) is 105 cm³/mol. The Kier molecular flexibility index (Phi) is 6.83. The first-order valence-corrected chi connectivity index (χ1v) is 9.10. The molecule has 0 spiro atoms. The number of aliphatic hydroxyl groups is 2. The zero-order valence-electron chi connectivity index (χ0n) is 15.5. The van der Waals surface area contributed by atoms with Crippen molar-refractivity contribution in [3.05, 3.63) is 70.7 Å². The van der Waals surface area contributed by atoms with E-state index in [1.54, 1.807) is 12.1 Å². The van der Waals surface area contributed by atoms with Crippen LogP contribution in [0.15, 0.2) is 54.6 Å². The Bertz CT molecular complexity index is 690. The molecule has 0 aliphatic heterocycles. The first kappa shape index (κ1) is 20.9. The Morgan fingerprint density at radius 2 is 1.58 bits per heavy atom. The highest BCUT2D eigenvalue weighted by atomic mass is 35.5. The molecule has 0 aliphatic carbocycles. The molecule has 0 aromatic heterocycles. The smallest absolute Gasteiger partial charge is 0.119 e. The van der Waals surface area contributed by atoms with Crippen LogP contribution in [-0.2, 0) is 10.2 Å². The first-order chi connectivity index (χ1) is 12.3. The van der Waals surface area contributed by atoms with Crippen molar-refractivity contribution in [2.24, 2.45) is 11.1 Å². The fourth-order valence-corrected chi connectivity index (χ4v) is 3.49. The van der Waals surface area contributed by atoms with Crippen molar-refractivity contribution in [2.45, 2.75) is 38.5 Å². The van der Waals surface area contributed by atoms with E-state index in [1.165, 1.54) is 0 Å². The summed E-state index contributed by atoms with van der Waals surface area (Å²) in [6, 6.07) is 16.9. The van der Waals surface area contributed by atoms with Crippen LogP contribution in [0.1, 0.15) is 38.0 Å². The lowest BCUT2D eigenvalue weighted by atomic mass is 9.61. The van der Waals surface area contributed by atoms with Gasteiger partial charge in [-0.1, -0.05) is 67.9 Å². The quantitative estimate of drug-likeness (QED) is 0.614. The highest BCUT2D eigenvalue weighted by molar-refractivity contribution is 6.30. The molecule has 4 nitrogen and oxygen atoms in total. The molecule has 0 aliphatic rings. The molecule has 2 aromatic rings. The van der Waals surface area contributed by atoms with Gasteiger partial charge in [0.1, 0.15) is 6.23 Å². The summed E-state index contributed by atoms with van der Waals surface area (Å²) in [5.74, 6) is 0. The lowest BCUT2D eigenvalue weighted by Crippen LogP contribution is -2.59. The van der Waals surface area contributed by atoms with Gasteiger partial charge in [-0.2, -0.15) is 0 Å². The number of benzene rings is 2. The summed E-state index contributed by atoms with van der Waals surface area (Å²) in [4.78, 5) is 0. The van der Waals surface area contributed by atoms with Crippen LogP contribution < -0.4 is 5.73 Å². The summed E-state index contributed by atoms with van der Waals surface area (Å²) in [6.45, 7) is 5.23. The summed E-state index contributed by atoms with van der Waals surface area (Å²) in [7, 11) is 0. The molecule has 0 fully saturated rings. The predicted octanol–water partition coefficient (Wildman–Crippen LogP) is 3.65. The molecular formula is C21H28ClNO3. The average molecular weight is 378 g/mol. The highest BCUT2D eigenvalue weighted by Gasteiger charge is 2.51. The van der Waals surface area contributed by atoms with Gasteiger partial charge in [0.25, 0.3) is 0 Å². The summed E-state index contributed by atoms with van der Waals surface area (Å²) in [6.07, 6.45) is -1.11. The van der Waals surface area contributed by atoms with E-state index in [-0.39, 0.29) is 19.3 Å². The first-order valence-electron chi connectivity index (χ1n) is 8.72. The van der Waals surface area contributed by atoms with Gasteiger partial charge in [-0.3, -0.25) is 0 Å². The van der Waals surface area contributed by atoms with Gasteiger partial charge >= 0.3 is 0 Å². The zero-order valence-corrected chi connectivity index (χ0v) is 16.3. The van der Waals surface area contributed by atoms with E-state index >= 15 is 0 Å². The van der Waals surface area contributed by atoms with Crippen molar-refractivity contribution in [3.63, 3.8) is 0 Å². The zero-order chi connectivity index (χ0) is 19.4. The molecule has 2 rings (SSSR count). The monoisotopic (exact) mass is 377 g/mol. The third kappa shape index (κ3) is 3.95. The van der Waals surface area contributed by atoms with Crippen molar-refractivity contribution >= 4 is 11.6 Å². The minimum absolute atomic E-state index is 0.160. The second kappa shape index (κ2) is 8.51. The topological polar surface area (TPSA) is 75.7 Å². The maximum absolute atomic E-state index is 10.4. The minimum Gasteiger partial charge on any atom is -0.396 e. The van der Waals surface area contributed by atoms with Crippen molar-refractivity contribution in [1.82, 2.24) is 0 Å². The molecule has 4 N–H and O–H groups in total. The van der Waals surface area contributed by atoms with Gasteiger partial charge in [0.05, 0.1) is 18.1 Å². The van der Waals surface area contributed by atoms with Crippen LogP contribution in [0.25, 0.3) is 0 Å². The van der Waals surface area contributed by atoms with Gasteiger partial charge in [-0.25, -0.2) is 0 Å². The van der Waals surface area contributed by atoms with Crippen molar-refractivity contribution < 1.29 is 14.9 Å². The lowest BCUT2D eigenvalue weighted by Gasteiger charge is -2.49. The number of hydrogen-bond acceptors (Lipinski definition) is 4. The van der Waals surface area contributed by atoms with Gasteiger partial charge in [0.15, 0.2) is 0 Å². The van der Waals surface area contributed by atoms with Gasteiger partial charge < -0.3 is 20.7 Å². The molecule has 2 aromatic carbocycles.